The van der Waals surface area contributed by atoms with Crippen LogP contribution in [0.4, 0.5) is 13.9 Å². The van der Waals surface area contributed by atoms with E-state index in [0.717, 1.165) is 0 Å². The number of thiazole rings is 1. The summed E-state index contributed by atoms with van der Waals surface area (Å²) >= 11 is 1.21. The molecule has 0 fully saturated rings. The van der Waals surface area contributed by atoms with Crippen LogP contribution in [-0.2, 0) is 11.2 Å². The second-order valence-corrected chi connectivity index (χ2v) is 6.84. The lowest BCUT2D eigenvalue weighted by Crippen LogP contribution is -2.12. The van der Waals surface area contributed by atoms with Gasteiger partial charge in [-0.1, -0.05) is 11.3 Å². The van der Waals surface area contributed by atoms with Crippen molar-refractivity contribution in [1.29, 1.82) is 0 Å². The van der Waals surface area contributed by atoms with Crippen LogP contribution in [0.3, 0.4) is 0 Å². The second kappa shape index (κ2) is 7.24. The Balaban J connectivity index is 1.36. The zero-order chi connectivity index (χ0) is 18.8. The first-order chi connectivity index (χ1) is 13.1. The normalized spacial score (nSPS) is 11.0. The average molecular weight is 385 g/mol. The van der Waals surface area contributed by atoms with Crippen molar-refractivity contribution in [3.05, 3.63) is 66.2 Å². The van der Waals surface area contributed by atoms with Gasteiger partial charge in [0.2, 0.25) is 5.91 Å². The van der Waals surface area contributed by atoms with Crippen molar-refractivity contribution in [3.8, 4) is 11.3 Å². The lowest BCUT2D eigenvalue weighted by atomic mass is 10.2. The topological polar surface area (TPSA) is 68.0 Å². The highest BCUT2D eigenvalue weighted by Gasteiger charge is 2.11. The van der Waals surface area contributed by atoms with Crippen molar-refractivity contribution in [2.75, 3.05) is 5.32 Å². The molecule has 4 aromatic rings. The maximum Gasteiger partial charge on any atom is 0.226 e. The van der Waals surface area contributed by atoms with Gasteiger partial charge >= 0.3 is 0 Å². The van der Waals surface area contributed by atoms with E-state index in [-0.39, 0.29) is 24.0 Å². The molecule has 27 heavy (non-hydrogen) atoms. The number of carbonyl (C=O) groups excluding carboxylic acids is 1. The molecule has 0 saturated carbocycles. The van der Waals surface area contributed by atoms with E-state index in [9.17, 15) is 13.6 Å². The lowest BCUT2D eigenvalue weighted by molar-refractivity contribution is -0.116. The first-order valence-electron chi connectivity index (χ1n) is 8.13. The minimum Gasteiger partial charge on any atom is -0.441 e. The maximum absolute atomic E-state index is 13.2. The Bertz CT molecular complexity index is 1110. The van der Waals surface area contributed by atoms with Crippen LogP contribution in [0.1, 0.15) is 12.3 Å². The minimum absolute atomic E-state index is 0.160. The summed E-state index contributed by atoms with van der Waals surface area (Å²) in [5.74, 6) is 0.0168. The van der Waals surface area contributed by atoms with E-state index in [1.165, 1.54) is 35.6 Å². The number of carbonyl (C=O) groups is 1. The molecule has 4 rings (SSSR count). The Morgan fingerprint density at radius 1 is 1.11 bits per heavy atom. The summed E-state index contributed by atoms with van der Waals surface area (Å²) < 4.78 is 32.5. The van der Waals surface area contributed by atoms with Crippen molar-refractivity contribution in [2.45, 2.75) is 12.8 Å². The Labute approximate surface area is 156 Å². The number of rotatable bonds is 5. The molecule has 0 bridgehead atoms. The highest BCUT2D eigenvalue weighted by Crippen LogP contribution is 2.26. The van der Waals surface area contributed by atoms with Gasteiger partial charge in [0.1, 0.15) is 11.6 Å². The average Bonchev–Trinajstić information content (AvgIpc) is 3.26. The smallest absolute Gasteiger partial charge is 0.226 e. The fourth-order valence-electron chi connectivity index (χ4n) is 2.53. The van der Waals surface area contributed by atoms with Gasteiger partial charge in [0.05, 0.1) is 16.4 Å². The summed E-state index contributed by atoms with van der Waals surface area (Å²) in [6.45, 7) is 0. The van der Waals surface area contributed by atoms with Crippen molar-refractivity contribution in [3.63, 3.8) is 0 Å². The summed E-state index contributed by atoms with van der Waals surface area (Å²) in [5, 5.41) is 3.12. The van der Waals surface area contributed by atoms with Crippen LogP contribution in [0.5, 0.6) is 0 Å². The number of halogens is 2. The zero-order valence-electron chi connectivity index (χ0n) is 13.9. The van der Waals surface area contributed by atoms with Crippen molar-refractivity contribution >= 4 is 32.6 Å². The third kappa shape index (κ3) is 4.01. The van der Waals surface area contributed by atoms with Crippen LogP contribution >= 0.6 is 11.3 Å². The molecule has 2 heterocycles. The SMILES string of the molecule is O=C(CCc1ncc(-c2ccc(F)cc2)o1)Nc1nc2ccc(F)cc2s1. The number of fused-ring (bicyclic) bond motifs is 1. The number of anilines is 1. The summed E-state index contributed by atoms with van der Waals surface area (Å²) in [6, 6.07) is 10.2. The number of aryl methyl sites for hydroxylation is 1. The molecule has 0 aliphatic heterocycles. The quantitative estimate of drug-likeness (QED) is 0.536. The Hall–Kier alpha value is -3.13. The number of benzene rings is 2. The minimum atomic E-state index is -0.343. The molecule has 0 aliphatic rings. The molecular formula is C19H13F2N3O2S. The molecule has 0 spiro atoms. The molecule has 2 aromatic carbocycles. The third-order valence-electron chi connectivity index (χ3n) is 3.85. The summed E-state index contributed by atoms with van der Waals surface area (Å²) in [5.41, 5.74) is 1.34. The van der Waals surface area contributed by atoms with Gasteiger partial charge < -0.3 is 9.73 Å². The number of hydrogen-bond acceptors (Lipinski definition) is 5. The monoisotopic (exact) mass is 385 g/mol. The van der Waals surface area contributed by atoms with Crippen molar-refractivity contribution in [1.82, 2.24) is 9.97 Å². The van der Waals surface area contributed by atoms with Crippen molar-refractivity contribution < 1.29 is 18.0 Å². The van der Waals surface area contributed by atoms with Gasteiger partial charge in [0.25, 0.3) is 0 Å². The Kier molecular flexibility index (Phi) is 4.64. The van der Waals surface area contributed by atoms with Crippen molar-refractivity contribution in [2.24, 2.45) is 0 Å². The maximum atomic E-state index is 13.2. The first kappa shape index (κ1) is 17.3. The van der Waals surface area contributed by atoms with Crippen LogP contribution in [0.2, 0.25) is 0 Å². The fourth-order valence-corrected chi connectivity index (χ4v) is 3.43. The van der Waals surface area contributed by atoms with Crippen LogP contribution in [-0.4, -0.2) is 15.9 Å². The zero-order valence-corrected chi connectivity index (χ0v) is 14.7. The summed E-state index contributed by atoms with van der Waals surface area (Å²) in [6.07, 6.45) is 2.02. The van der Waals surface area contributed by atoms with E-state index in [1.54, 1.807) is 24.4 Å². The lowest BCUT2D eigenvalue weighted by Gasteiger charge is -1.99. The van der Waals surface area contributed by atoms with Crippen LogP contribution < -0.4 is 5.32 Å². The molecule has 1 amide bonds. The number of nitrogens with one attached hydrogen (secondary N) is 1. The fraction of sp³-hybridized carbons (Fsp3) is 0.105. The molecule has 1 N–H and O–H groups in total. The number of amides is 1. The van der Waals surface area contributed by atoms with Gasteiger partial charge in [-0.25, -0.2) is 18.7 Å². The predicted molar refractivity (Wildman–Crippen MR) is 98.4 cm³/mol. The molecule has 0 aliphatic carbocycles. The van der Waals surface area contributed by atoms with Gasteiger partial charge in [-0.15, -0.1) is 0 Å². The molecule has 0 saturated heterocycles. The molecule has 2 aromatic heterocycles. The van der Waals surface area contributed by atoms with E-state index in [0.29, 0.717) is 39.0 Å². The van der Waals surface area contributed by atoms with Crippen LogP contribution in [0.25, 0.3) is 21.5 Å². The van der Waals surface area contributed by atoms with E-state index >= 15 is 0 Å². The molecule has 5 nitrogen and oxygen atoms in total. The third-order valence-corrected chi connectivity index (χ3v) is 4.78. The van der Waals surface area contributed by atoms with E-state index in [2.05, 4.69) is 15.3 Å². The molecular weight excluding hydrogens is 372 g/mol. The van der Waals surface area contributed by atoms with Gasteiger partial charge in [0, 0.05) is 18.4 Å². The van der Waals surface area contributed by atoms with Gasteiger partial charge in [-0.3, -0.25) is 4.79 Å². The van der Waals surface area contributed by atoms with Gasteiger partial charge in [-0.2, -0.15) is 0 Å². The number of hydrogen-bond donors (Lipinski definition) is 1. The van der Waals surface area contributed by atoms with Gasteiger partial charge in [-0.05, 0) is 42.5 Å². The van der Waals surface area contributed by atoms with E-state index < -0.39 is 0 Å². The van der Waals surface area contributed by atoms with E-state index in [4.69, 9.17) is 4.42 Å². The van der Waals surface area contributed by atoms with Gasteiger partial charge in [0.15, 0.2) is 16.8 Å². The molecule has 0 atom stereocenters. The predicted octanol–water partition coefficient (Wildman–Crippen LogP) is 4.80. The van der Waals surface area contributed by atoms with Crippen LogP contribution in [0, 0.1) is 11.6 Å². The number of aromatic nitrogens is 2. The number of oxazole rings is 1. The van der Waals surface area contributed by atoms with Crippen LogP contribution in [0.15, 0.2) is 53.1 Å². The standard InChI is InChI=1S/C19H13F2N3O2S/c20-12-3-1-11(2-4-12)15-10-22-18(26-15)8-7-17(25)24-19-23-14-6-5-13(21)9-16(14)27-19/h1-6,9-10H,7-8H2,(H,23,24,25). The Morgan fingerprint density at radius 2 is 1.89 bits per heavy atom. The summed E-state index contributed by atoms with van der Waals surface area (Å²) in [7, 11) is 0. The second-order valence-electron chi connectivity index (χ2n) is 5.80. The first-order valence-corrected chi connectivity index (χ1v) is 8.95. The highest BCUT2D eigenvalue weighted by atomic mass is 32.1. The molecule has 0 unspecified atom stereocenters. The highest BCUT2D eigenvalue weighted by molar-refractivity contribution is 7.22. The molecule has 136 valence electrons. The molecule has 8 heteroatoms. The largest absolute Gasteiger partial charge is 0.441 e. The molecule has 0 radical (unpaired) electrons. The van der Waals surface area contributed by atoms with E-state index in [1.807, 2.05) is 0 Å². The Morgan fingerprint density at radius 3 is 2.70 bits per heavy atom. The number of nitrogens with zero attached hydrogens (tertiary/aromatic N) is 2. The summed E-state index contributed by atoms with van der Waals surface area (Å²) in [4.78, 5) is 20.5.